The highest BCUT2D eigenvalue weighted by molar-refractivity contribution is 8.01. The molecule has 0 radical (unpaired) electrons. The summed E-state index contributed by atoms with van der Waals surface area (Å²) >= 11 is 1.77. The van der Waals surface area contributed by atoms with E-state index in [9.17, 15) is 9.59 Å². The number of nitrogens with one attached hydrogen (secondary N) is 2. The maximum atomic E-state index is 12.6. The Kier molecular flexibility index (Phi) is 7.15. The first-order valence-corrected chi connectivity index (χ1v) is 10.8. The molecule has 1 saturated carbocycles. The molecule has 1 fully saturated rings. The number of carbonyl (C=O) groups excluding carboxylic acids is 2. The van der Waals surface area contributed by atoms with Gasteiger partial charge in [0.2, 0.25) is 5.91 Å². The van der Waals surface area contributed by atoms with Crippen LogP contribution in [0.5, 0.6) is 0 Å². The lowest BCUT2D eigenvalue weighted by Gasteiger charge is -2.29. The third-order valence-corrected chi connectivity index (χ3v) is 6.81. The third kappa shape index (κ3) is 5.38. The van der Waals surface area contributed by atoms with Gasteiger partial charge in [0, 0.05) is 23.5 Å². The Morgan fingerprint density at radius 1 is 1.00 bits per heavy atom. The molecule has 148 valence electrons. The molecule has 0 spiro atoms. The summed E-state index contributed by atoms with van der Waals surface area (Å²) in [5.74, 6) is 0.479. The molecular formula is C23H28N2O2S. The molecule has 3 rings (SSSR count). The van der Waals surface area contributed by atoms with E-state index in [4.69, 9.17) is 0 Å². The fourth-order valence-electron chi connectivity index (χ4n) is 3.73. The van der Waals surface area contributed by atoms with Crippen molar-refractivity contribution in [2.75, 3.05) is 12.4 Å². The normalized spacial score (nSPS) is 20.2. The molecule has 4 nitrogen and oxygen atoms in total. The Bertz CT molecular complexity index is 801. The number of benzene rings is 2. The molecule has 0 heterocycles. The zero-order chi connectivity index (χ0) is 19.9. The summed E-state index contributed by atoms with van der Waals surface area (Å²) in [6.45, 7) is 1.96. The maximum absolute atomic E-state index is 12.6. The minimum Gasteiger partial charge on any atom is -0.355 e. The van der Waals surface area contributed by atoms with Crippen LogP contribution in [0.15, 0.2) is 54.6 Å². The van der Waals surface area contributed by atoms with Crippen LogP contribution in [0.3, 0.4) is 0 Å². The van der Waals surface area contributed by atoms with Gasteiger partial charge in [0.25, 0.3) is 5.91 Å². The van der Waals surface area contributed by atoms with Gasteiger partial charge in [-0.05, 0) is 62.3 Å². The fraction of sp³-hybridized carbons (Fsp3) is 0.391. The number of rotatable bonds is 6. The van der Waals surface area contributed by atoms with Gasteiger partial charge in [0.05, 0.1) is 5.25 Å². The molecule has 1 atom stereocenters. The monoisotopic (exact) mass is 396 g/mol. The van der Waals surface area contributed by atoms with Crippen LogP contribution in [-0.4, -0.2) is 29.4 Å². The molecule has 28 heavy (non-hydrogen) atoms. The van der Waals surface area contributed by atoms with E-state index in [0.29, 0.717) is 22.4 Å². The van der Waals surface area contributed by atoms with Crippen molar-refractivity contribution in [2.45, 2.75) is 49.0 Å². The van der Waals surface area contributed by atoms with Crippen LogP contribution in [0.1, 0.15) is 54.4 Å². The number of hydrogen-bond donors (Lipinski definition) is 2. The van der Waals surface area contributed by atoms with Gasteiger partial charge in [-0.1, -0.05) is 36.4 Å². The van der Waals surface area contributed by atoms with Gasteiger partial charge in [-0.25, -0.2) is 0 Å². The Labute approximate surface area is 171 Å². The fourth-order valence-corrected chi connectivity index (χ4v) is 5.04. The van der Waals surface area contributed by atoms with Gasteiger partial charge in [-0.2, -0.15) is 0 Å². The predicted octanol–water partition coefficient (Wildman–Crippen LogP) is 4.83. The van der Waals surface area contributed by atoms with E-state index in [0.717, 1.165) is 12.8 Å². The van der Waals surface area contributed by atoms with Crippen LogP contribution in [0.25, 0.3) is 0 Å². The molecular weight excluding hydrogens is 368 g/mol. The molecule has 0 aromatic heterocycles. The van der Waals surface area contributed by atoms with Crippen LogP contribution in [0, 0.1) is 0 Å². The van der Waals surface area contributed by atoms with Crippen molar-refractivity contribution in [3.05, 3.63) is 65.7 Å². The second-order valence-corrected chi connectivity index (χ2v) is 8.96. The SMILES string of the molecule is CNC(=O)c1cccc(NC(=O)C(C)SC2CCC(c3ccccc3)CC2)c1. The van der Waals surface area contributed by atoms with Crippen molar-refractivity contribution in [1.29, 1.82) is 0 Å². The van der Waals surface area contributed by atoms with Gasteiger partial charge in [0.1, 0.15) is 0 Å². The minimum absolute atomic E-state index is 0.00996. The quantitative estimate of drug-likeness (QED) is 0.735. The first-order chi connectivity index (χ1) is 13.6. The molecule has 1 aliphatic carbocycles. The lowest BCUT2D eigenvalue weighted by atomic mass is 9.84. The lowest BCUT2D eigenvalue weighted by Crippen LogP contribution is -2.26. The molecule has 1 aliphatic rings. The molecule has 5 heteroatoms. The predicted molar refractivity (Wildman–Crippen MR) is 117 cm³/mol. The van der Waals surface area contributed by atoms with Gasteiger partial charge in [0.15, 0.2) is 0 Å². The molecule has 2 amide bonds. The first-order valence-electron chi connectivity index (χ1n) is 9.90. The van der Waals surface area contributed by atoms with E-state index in [1.165, 1.54) is 18.4 Å². The Balaban J connectivity index is 1.49. The summed E-state index contributed by atoms with van der Waals surface area (Å²) in [7, 11) is 1.60. The maximum Gasteiger partial charge on any atom is 0.251 e. The summed E-state index contributed by atoms with van der Waals surface area (Å²) in [5.41, 5.74) is 2.64. The number of amides is 2. The van der Waals surface area contributed by atoms with Crippen LogP contribution in [-0.2, 0) is 4.79 Å². The van der Waals surface area contributed by atoms with E-state index < -0.39 is 0 Å². The molecule has 1 unspecified atom stereocenters. The lowest BCUT2D eigenvalue weighted by molar-refractivity contribution is -0.115. The molecule has 2 aromatic carbocycles. The highest BCUT2D eigenvalue weighted by Crippen LogP contribution is 2.38. The van der Waals surface area contributed by atoms with Crippen molar-refractivity contribution in [3.8, 4) is 0 Å². The highest BCUT2D eigenvalue weighted by Gasteiger charge is 2.26. The van der Waals surface area contributed by atoms with E-state index in [1.807, 2.05) is 13.0 Å². The van der Waals surface area contributed by atoms with Crippen LogP contribution < -0.4 is 10.6 Å². The van der Waals surface area contributed by atoms with Crippen molar-refractivity contribution >= 4 is 29.3 Å². The summed E-state index contributed by atoms with van der Waals surface area (Å²) in [5, 5.41) is 5.95. The van der Waals surface area contributed by atoms with E-state index in [1.54, 1.807) is 37.0 Å². The van der Waals surface area contributed by atoms with Gasteiger partial charge < -0.3 is 10.6 Å². The smallest absolute Gasteiger partial charge is 0.251 e. The van der Waals surface area contributed by atoms with Crippen molar-refractivity contribution < 1.29 is 9.59 Å². The topological polar surface area (TPSA) is 58.2 Å². The average molecular weight is 397 g/mol. The molecule has 2 N–H and O–H groups in total. The standard InChI is InChI=1S/C23H28N2O2S/c1-16(22(26)25-20-10-6-9-19(15-20)23(27)24-2)28-21-13-11-18(12-14-21)17-7-4-3-5-8-17/h3-10,15-16,18,21H,11-14H2,1-2H3,(H,24,27)(H,25,26). The molecule has 0 aliphatic heterocycles. The number of carbonyl (C=O) groups is 2. The zero-order valence-electron chi connectivity index (χ0n) is 16.5. The number of hydrogen-bond acceptors (Lipinski definition) is 3. The zero-order valence-corrected chi connectivity index (χ0v) is 17.3. The summed E-state index contributed by atoms with van der Waals surface area (Å²) < 4.78 is 0. The Hall–Kier alpha value is -2.27. The van der Waals surface area contributed by atoms with Crippen molar-refractivity contribution in [3.63, 3.8) is 0 Å². The van der Waals surface area contributed by atoms with E-state index in [2.05, 4.69) is 41.0 Å². The Morgan fingerprint density at radius 2 is 1.71 bits per heavy atom. The Morgan fingerprint density at radius 3 is 2.39 bits per heavy atom. The molecule has 2 aromatic rings. The average Bonchev–Trinajstić information content (AvgIpc) is 2.74. The highest BCUT2D eigenvalue weighted by atomic mass is 32.2. The third-order valence-electron chi connectivity index (χ3n) is 5.33. The van der Waals surface area contributed by atoms with Crippen LogP contribution in [0.4, 0.5) is 5.69 Å². The molecule has 0 bridgehead atoms. The summed E-state index contributed by atoms with van der Waals surface area (Å²) in [4.78, 5) is 24.3. The van der Waals surface area contributed by atoms with Crippen LogP contribution >= 0.6 is 11.8 Å². The molecule has 0 saturated heterocycles. The number of anilines is 1. The number of thioether (sulfide) groups is 1. The first kappa shape index (κ1) is 20.5. The van der Waals surface area contributed by atoms with E-state index in [-0.39, 0.29) is 17.1 Å². The minimum atomic E-state index is -0.159. The largest absolute Gasteiger partial charge is 0.355 e. The second-order valence-electron chi connectivity index (χ2n) is 7.31. The van der Waals surface area contributed by atoms with Gasteiger partial charge in [-0.15, -0.1) is 11.8 Å². The van der Waals surface area contributed by atoms with Crippen molar-refractivity contribution in [2.24, 2.45) is 0 Å². The van der Waals surface area contributed by atoms with E-state index >= 15 is 0 Å². The second kappa shape index (κ2) is 9.78. The van der Waals surface area contributed by atoms with Crippen molar-refractivity contribution in [1.82, 2.24) is 5.32 Å². The summed E-state index contributed by atoms with van der Waals surface area (Å²) in [6.07, 6.45) is 4.66. The van der Waals surface area contributed by atoms with Gasteiger partial charge >= 0.3 is 0 Å². The van der Waals surface area contributed by atoms with Crippen LogP contribution in [0.2, 0.25) is 0 Å². The van der Waals surface area contributed by atoms with Gasteiger partial charge in [-0.3, -0.25) is 9.59 Å². The summed E-state index contributed by atoms with van der Waals surface area (Å²) in [6, 6.07) is 17.8.